The number of benzene rings is 1. The molecule has 124 valence electrons. The maximum Gasteiger partial charge on any atom is 0.247 e. The maximum atomic E-state index is 12.7. The first-order valence-electron chi connectivity index (χ1n) is 8.03. The number of aromatic nitrogens is 4. The summed E-state index contributed by atoms with van der Waals surface area (Å²) in [4.78, 5) is 14.4. The molecule has 0 spiro atoms. The number of carbonyl (C=O) groups excluding carboxylic acids is 1. The van der Waals surface area contributed by atoms with E-state index in [0.717, 1.165) is 17.0 Å². The van der Waals surface area contributed by atoms with Crippen LogP contribution in [0.2, 0.25) is 0 Å². The average molecular weight is 323 g/mol. The van der Waals surface area contributed by atoms with Crippen molar-refractivity contribution in [2.24, 2.45) is 0 Å². The Morgan fingerprint density at radius 3 is 2.75 bits per heavy atom. The monoisotopic (exact) mass is 323 g/mol. The number of aromatic amines is 1. The standard InChI is InChI=1S/C18H21N5O/c1-3-17(23-11-7-10-19-23)18(24)22(2)13-15-12-16(21-20-15)14-8-5-4-6-9-14/h4-12,17H,3,13H2,1-2H3,(H,20,21)/t17-/m1/s1. The van der Waals surface area contributed by atoms with Crippen molar-refractivity contribution in [3.63, 3.8) is 0 Å². The molecule has 6 nitrogen and oxygen atoms in total. The van der Waals surface area contributed by atoms with Gasteiger partial charge in [0.1, 0.15) is 6.04 Å². The Kier molecular flexibility index (Phi) is 4.74. The lowest BCUT2D eigenvalue weighted by molar-refractivity contribution is -0.134. The fourth-order valence-corrected chi connectivity index (χ4v) is 2.73. The van der Waals surface area contributed by atoms with Crippen molar-refractivity contribution in [2.75, 3.05) is 7.05 Å². The summed E-state index contributed by atoms with van der Waals surface area (Å²) in [6, 6.07) is 13.5. The number of H-pyrrole nitrogens is 1. The second-order valence-corrected chi connectivity index (χ2v) is 5.75. The normalized spacial score (nSPS) is 12.1. The van der Waals surface area contributed by atoms with E-state index in [0.29, 0.717) is 13.0 Å². The molecule has 24 heavy (non-hydrogen) atoms. The molecular formula is C18H21N5O. The van der Waals surface area contributed by atoms with E-state index < -0.39 is 0 Å². The van der Waals surface area contributed by atoms with Gasteiger partial charge >= 0.3 is 0 Å². The molecule has 1 amide bonds. The Bertz CT molecular complexity index is 779. The molecule has 6 heteroatoms. The van der Waals surface area contributed by atoms with Crippen LogP contribution < -0.4 is 0 Å². The topological polar surface area (TPSA) is 66.8 Å². The van der Waals surface area contributed by atoms with Crippen LogP contribution in [0, 0.1) is 0 Å². The summed E-state index contributed by atoms with van der Waals surface area (Å²) in [5, 5.41) is 11.5. The Labute approximate surface area is 141 Å². The number of carbonyl (C=O) groups is 1. The Morgan fingerprint density at radius 2 is 2.08 bits per heavy atom. The first kappa shape index (κ1) is 16.0. The lowest BCUT2D eigenvalue weighted by atomic mass is 10.1. The van der Waals surface area contributed by atoms with Gasteiger partial charge in [-0.05, 0) is 18.6 Å². The number of nitrogens with zero attached hydrogens (tertiary/aromatic N) is 4. The summed E-state index contributed by atoms with van der Waals surface area (Å²) in [7, 11) is 1.80. The molecule has 3 rings (SSSR count). The number of nitrogens with one attached hydrogen (secondary N) is 1. The van der Waals surface area contributed by atoms with Crippen LogP contribution in [-0.4, -0.2) is 37.8 Å². The van der Waals surface area contributed by atoms with Crippen LogP contribution in [-0.2, 0) is 11.3 Å². The molecule has 0 fully saturated rings. The minimum Gasteiger partial charge on any atom is -0.338 e. The van der Waals surface area contributed by atoms with Gasteiger partial charge in [0.25, 0.3) is 0 Å². The van der Waals surface area contributed by atoms with Gasteiger partial charge in [-0.3, -0.25) is 14.6 Å². The van der Waals surface area contributed by atoms with Gasteiger partial charge in [-0.25, -0.2) is 0 Å². The number of hydrogen-bond acceptors (Lipinski definition) is 3. The minimum absolute atomic E-state index is 0.0389. The molecule has 1 atom stereocenters. The molecule has 0 aliphatic heterocycles. The number of amides is 1. The zero-order valence-corrected chi connectivity index (χ0v) is 13.9. The van der Waals surface area contributed by atoms with E-state index in [1.165, 1.54) is 0 Å². The predicted octanol–water partition coefficient (Wildman–Crippen LogP) is 2.88. The fourth-order valence-electron chi connectivity index (χ4n) is 2.73. The third-order valence-electron chi connectivity index (χ3n) is 4.00. The number of rotatable bonds is 6. The Hall–Kier alpha value is -2.89. The molecule has 2 heterocycles. The summed E-state index contributed by atoms with van der Waals surface area (Å²) >= 11 is 0. The SMILES string of the molecule is CC[C@H](C(=O)N(C)Cc1cc(-c2ccccc2)n[nH]1)n1cccn1. The van der Waals surface area contributed by atoms with Crippen molar-refractivity contribution >= 4 is 5.91 Å². The van der Waals surface area contributed by atoms with Crippen LogP contribution in [0.25, 0.3) is 11.3 Å². The number of likely N-dealkylation sites (N-methyl/N-ethyl adjacent to an activating group) is 1. The predicted molar refractivity (Wildman–Crippen MR) is 92.1 cm³/mol. The van der Waals surface area contributed by atoms with Crippen molar-refractivity contribution in [1.82, 2.24) is 24.9 Å². The second-order valence-electron chi connectivity index (χ2n) is 5.75. The highest BCUT2D eigenvalue weighted by Gasteiger charge is 2.22. The average Bonchev–Trinajstić information content (AvgIpc) is 3.28. The van der Waals surface area contributed by atoms with E-state index in [4.69, 9.17) is 0 Å². The molecule has 1 N–H and O–H groups in total. The van der Waals surface area contributed by atoms with E-state index >= 15 is 0 Å². The van der Waals surface area contributed by atoms with Gasteiger partial charge in [0, 0.05) is 25.0 Å². The van der Waals surface area contributed by atoms with Crippen molar-refractivity contribution in [3.05, 3.63) is 60.6 Å². The summed E-state index contributed by atoms with van der Waals surface area (Å²) < 4.78 is 1.71. The Balaban J connectivity index is 1.69. The quantitative estimate of drug-likeness (QED) is 0.758. The van der Waals surface area contributed by atoms with Gasteiger partial charge in [-0.2, -0.15) is 10.2 Å². The molecule has 2 aromatic heterocycles. The van der Waals surface area contributed by atoms with E-state index in [-0.39, 0.29) is 11.9 Å². The highest BCUT2D eigenvalue weighted by Crippen LogP contribution is 2.19. The molecule has 0 radical (unpaired) electrons. The highest BCUT2D eigenvalue weighted by atomic mass is 16.2. The Morgan fingerprint density at radius 1 is 1.29 bits per heavy atom. The highest BCUT2D eigenvalue weighted by molar-refractivity contribution is 5.80. The summed E-state index contributed by atoms with van der Waals surface area (Å²) in [5.41, 5.74) is 2.84. The molecule has 0 aliphatic carbocycles. The molecule has 0 bridgehead atoms. The van der Waals surface area contributed by atoms with Crippen LogP contribution in [0.4, 0.5) is 0 Å². The van der Waals surface area contributed by atoms with E-state index in [9.17, 15) is 4.79 Å². The first-order valence-corrected chi connectivity index (χ1v) is 8.03. The van der Waals surface area contributed by atoms with Gasteiger partial charge < -0.3 is 4.90 Å². The van der Waals surface area contributed by atoms with Gasteiger partial charge in [0.05, 0.1) is 17.9 Å². The van der Waals surface area contributed by atoms with Gasteiger partial charge in [0.15, 0.2) is 0 Å². The first-order chi connectivity index (χ1) is 11.7. The van der Waals surface area contributed by atoms with Gasteiger partial charge in [-0.1, -0.05) is 37.3 Å². The molecule has 0 saturated heterocycles. The van der Waals surface area contributed by atoms with Gasteiger partial charge in [-0.15, -0.1) is 0 Å². The minimum atomic E-state index is -0.276. The van der Waals surface area contributed by atoms with E-state index in [1.54, 1.807) is 22.8 Å². The maximum absolute atomic E-state index is 12.7. The lowest BCUT2D eigenvalue weighted by Crippen LogP contribution is -2.34. The van der Waals surface area contributed by atoms with Crippen molar-refractivity contribution in [3.8, 4) is 11.3 Å². The van der Waals surface area contributed by atoms with Gasteiger partial charge in [0.2, 0.25) is 5.91 Å². The summed E-state index contributed by atoms with van der Waals surface area (Å²) in [6.45, 7) is 2.47. The fraction of sp³-hybridized carbons (Fsp3) is 0.278. The molecule has 3 aromatic rings. The zero-order valence-electron chi connectivity index (χ0n) is 13.9. The summed E-state index contributed by atoms with van der Waals surface area (Å²) in [6.07, 6.45) is 4.21. The third kappa shape index (κ3) is 3.37. The van der Waals surface area contributed by atoms with Crippen LogP contribution in [0.5, 0.6) is 0 Å². The second kappa shape index (κ2) is 7.12. The van der Waals surface area contributed by atoms with Crippen molar-refractivity contribution in [2.45, 2.75) is 25.9 Å². The number of hydrogen-bond donors (Lipinski definition) is 1. The van der Waals surface area contributed by atoms with Crippen LogP contribution in [0.1, 0.15) is 25.1 Å². The lowest BCUT2D eigenvalue weighted by Gasteiger charge is -2.22. The van der Waals surface area contributed by atoms with E-state index in [2.05, 4.69) is 15.3 Å². The van der Waals surface area contributed by atoms with Crippen LogP contribution in [0.3, 0.4) is 0 Å². The largest absolute Gasteiger partial charge is 0.338 e. The van der Waals surface area contributed by atoms with Crippen molar-refractivity contribution in [1.29, 1.82) is 0 Å². The van der Waals surface area contributed by atoms with Crippen LogP contribution in [0.15, 0.2) is 54.9 Å². The third-order valence-corrected chi connectivity index (χ3v) is 4.00. The molecule has 0 saturated carbocycles. The molecule has 0 aliphatic rings. The van der Waals surface area contributed by atoms with Crippen LogP contribution >= 0.6 is 0 Å². The molecule has 1 aromatic carbocycles. The van der Waals surface area contributed by atoms with Crippen molar-refractivity contribution < 1.29 is 4.79 Å². The summed E-state index contributed by atoms with van der Waals surface area (Å²) in [5.74, 6) is 0.0389. The zero-order chi connectivity index (χ0) is 16.9. The smallest absolute Gasteiger partial charge is 0.247 e. The molecular weight excluding hydrogens is 302 g/mol. The van der Waals surface area contributed by atoms with E-state index in [1.807, 2.05) is 55.6 Å². The molecule has 0 unspecified atom stereocenters.